The van der Waals surface area contributed by atoms with Gasteiger partial charge in [-0.25, -0.2) is 12.7 Å². The number of rotatable bonds is 4. The predicted molar refractivity (Wildman–Crippen MR) is 84.9 cm³/mol. The summed E-state index contributed by atoms with van der Waals surface area (Å²) in [5.41, 5.74) is 1.26. The van der Waals surface area contributed by atoms with Gasteiger partial charge in [-0.15, -0.1) is 0 Å². The first-order chi connectivity index (χ1) is 10.6. The molecule has 0 unspecified atom stereocenters. The van der Waals surface area contributed by atoms with Gasteiger partial charge in [0.1, 0.15) is 0 Å². The fourth-order valence-electron chi connectivity index (χ4n) is 4.93. The first-order valence-electron chi connectivity index (χ1n) is 8.53. The van der Waals surface area contributed by atoms with Crippen molar-refractivity contribution in [3.63, 3.8) is 0 Å². The number of aromatic nitrogens is 2. The van der Waals surface area contributed by atoms with Gasteiger partial charge >= 0.3 is 0 Å². The molecule has 0 aromatic carbocycles. The second-order valence-corrected chi connectivity index (χ2v) is 9.56. The Kier molecular flexibility index (Phi) is 3.57. The van der Waals surface area contributed by atoms with E-state index in [1.54, 1.807) is 10.5 Å². The van der Waals surface area contributed by atoms with E-state index < -0.39 is 10.0 Å². The number of H-pyrrole nitrogens is 1. The highest BCUT2D eigenvalue weighted by Crippen LogP contribution is 2.54. The van der Waals surface area contributed by atoms with Crippen LogP contribution < -0.4 is 0 Å². The van der Waals surface area contributed by atoms with Crippen molar-refractivity contribution >= 4 is 10.0 Å². The second kappa shape index (κ2) is 5.34. The largest absolute Gasteiger partial charge is 0.282 e. The highest BCUT2D eigenvalue weighted by atomic mass is 32.2. The van der Waals surface area contributed by atoms with Crippen molar-refractivity contribution in [1.29, 1.82) is 0 Å². The van der Waals surface area contributed by atoms with Gasteiger partial charge in [0.15, 0.2) is 0 Å². The summed E-state index contributed by atoms with van der Waals surface area (Å²) in [4.78, 5) is 0. The van der Waals surface area contributed by atoms with Crippen LogP contribution in [0.15, 0.2) is 12.3 Å². The van der Waals surface area contributed by atoms with Crippen molar-refractivity contribution < 1.29 is 8.42 Å². The Morgan fingerprint density at radius 2 is 1.95 bits per heavy atom. The normalized spacial score (nSPS) is 33.5. The van der Waals surface area contributed by atoms with E-state index in [-0.39, 0.29) is 5.41 Å². The maximum Gasteiger partial charge on any atom is 0.214 e. The summed E-state index contributed by atoms with van der Waals surface area (Å²) in [6.45, 7) is 1.32. The first kappa shape index (κ1) is 14.7. The maximum atomic E-state index is 12.8. The third-order valence-corrected chi connectivity index (χ3v) is 8.31. The first-order valence-corrected chi connectivity index (χ1v) is 10.1. The number of sulfonamides is 1. The average molecular weight is 323 g/mol. The van der Waals surface area contributed by atoms with E-state index >= 15 is 0 Å². The van der Waals surface area contributed by atoms with Crippen LogP contribution in [0.2, 0.25) is 0 Å². The van der Waals surface area contributed by atoms with Gasteiger partial charge in [0.2, 0.25) is 10.0 Å². The molecule has 5 nitrogen and oxygen atoms in total. The molecule has 122 valence electrons. The van der Waals surface area contributed by atoms with Gasteiger partial charge in [0.05, 0.1) is 5.75 Å². The molecule has 1 N–H and O–H groups in total. The van der Waals surface area contributed by atoms with Crippen molar-refractivity contribution in [1.82, 2.24) is 14.5 Å². The molecule has 22 heavy (non-hydrogen) atoms. The summed E-state index contributed by atoms with van der Waals surface area (Å²) in [5.74, 6) is 1.63. The third-order valence-electron chi connectivity index (χ3n) is 6.19. The highest BCUT2D eigenvalue weighted by molar-refractivity contribution is 7.89. The molecule has 0 atom stereocenters. The highest BCUT2D eigenvalue weighted by Gasteiger charge is 2.48. The molecule has 0 radical (unpaired) electrons. The van der Waals surface area contributed by atoms with Crippen molar-refractivity contribution in [3.05, 3.63) is 18.0 Å². The Morgan fingerprint density at radius 3 is 2.50 bits per heavy atom. The van der Waals surface area contributed by atoms with E-state index in [0.29, 0.717) is 24.8 Å². The van der Waals surface area contributed by atoms with E-state index in [9.17, 15) is 8.42 Å². The van der Waals surface area contributed by atoms with Crippen LogP contribution in [0.1, 0.15) is 56.6 Å². The monoisotopic (exact) mass is 323 g/mol. The zero-order chi connectivity index (χ0) is 15.2. The van der Waals surface area contributed by atoms with Gasteiger partial charge in [-0.3, -0.25) is 5.10 Å². The van der Waals surface area contributed by atoms with Crippen molar-refractivity contribution in [2.45, 2.75) is 50.9 Å². The molecular formula is C16H25N3O2S. The zero-order valence-corrected chi connectivity index (χ0v) is 13.8. The number of nitrogens with zero attached hydrogens (tertiary/aromatic N) is 2. The van der Waals surface area contributed by atoms with Gasteiger partial charge in [0, 0.05) is 30.9 Å². The molecule has 0 amide bonds. The number of hydrogen-bond donors (Lipinski definition) is 1. The summed E-state index contributed by atoms with van der Waals surface area (Å²) >= 11 is 0. The molecule has 1 aromatic rings. The number of aromatic amines is 1. The molecule has 3 fully saturated rings. The predicted octanol–water partition coefficient (Wildman–Crippen LogP) is 2.50. The van der Waals surface area contributed by atoms with Crippen molar-refractivity contribution in [3.8, 4) is 0 Å². The Bertz CT molecular complexity index is 610. The Hall–Kier alpha value is -0.880. The van der Waals surface area contributed by atoms with Crippen molar-refractivity contribution in [2.24, 2.45) is 11.3 Å². The molecule has 0 spiro atoms. The topological polar surface area (TPSA) is 66.1 Å². The smallest absolute Gasteiger partial charge is 0.214 e. The van der Waals surface area contributed by atoms with E-state index in [1.807, 2.05) is 6.07 Å². The molecule has 1 aromatic heterocycles. The summed E-state index contributed by atoms with van der Waals surface area (Å²) in [6, 6.07) is 2.00. The summed E-state index contributed by atoms with van der Waals surface area (Å²) in [5, 5.41) is 7.02. The lowest BCUT2D eigenvalue weighted by Gasteiger charge is -2.34. The minimum absolute atomic E-state index is 0.115. The van der Waals surface area contributed by atoms with Crippen LogP contribution in [0.5, 0.6) is 0 Å². The molecule has 1 aliphatic heterocycles. The van der Waals surface area contributed by atoms with Crippen LogP contribution in [0.25, 0.3) is 0 Å². The van der Waals surface area contributed by atoms with Gasteiger partial charge in [-0.1, -0.05) is 0 Å². The zero-order valence-electron chi connectivity index (χ0n) is 13.0. The maximum absolute atomic E-state index is 12.8. The van der Waals surface area contributed by atoms with E-state index in [0.717, 1.165) is 43.7 Å². The Labute approximate surface area is 132 Å². The number of nitrogens with one attached hydrogen (secondary N) is 1. The summed E-state index contributed by atoms with van der Waals surface area (Å²) in [6.07, 6.45) is 9.47. The van der Waals surface area contributed by atoms with Crippen LogP contribution in [-0.2, 0) is 10.0 Å². The molecule has 2 heterocycles. The lowest BCUT2D eigenvalue weighted by molar-refractivity contribution is 0.294. The lowest BCUT2D eigenvalue weighted by atomic mass is 9.87. The minimum atomic E-state index is -3.10. The molecule has 3 aliphatic rings. The van der Waals surface area contributed by atoms with Crippen LogP contribution in [0, 0.1) is 11.3 Å². The number of hydrogen-bond acceptors (Lipinski definition) is 3. The van der Waals surface area contributed by atoms with Gasteiger partial charge in [-0.2, -0.15) is 5.10 Å². The Balaban J connectivity index is 1.40. The van der Waals surface area contributed by atoms with Crippen molar-refractivity contribution in [2.75, 3.05) is 18.8 Å². The molecule has 6 heteroatoms. The molecule has 2 aliphatic carbocycles. The number of fused-ring (bicyclic) bond motifs is 2. The number of piperidine rings is 1. The van der Waals surface area contributed by atoms with Crippen LogP contribution in [0.3, 0.4) is 0 Å². The fourth-order valence-corrected chi connectivity index (χ4v) is 7.06. The minimum Gasteiger partial charge on any atom is -0.282 e. The Morgan fingerprint density at radius 1 is 1.23 bits per heavy atom. The average Bonchev–Trinajstić information content (AvgIpc) is 3.23. The van der Waals surface area contributed by atoms with Crippen LogP contribution >= 0.6 is 0 Å². The molecule has 1 saturated heterocycles. The molecular weight excluding hydrogens is 298 g/mol. The van der Waals surface area contributed by atoms with Gasteiger partial charge in [0.25, 0.3) is 0 Å². The fraction of sp³-hybridized carbons (Fsp3) is 0.812. The van der Waals surface area contributed by atoms with E-state index in [4.69, 9.17) is 0 Å². The van der Waals surface area contributed by atoms with E-state index in [2.05, 4.69) is 10.2 Å². The molecule has 2 saturated carbocycles. The van der Waals surface area contributed by atoms with Gasteiger partial charge < -0.3 is 0 Å². The second-order valence-electron chi connectivity index (χ2n) is 7.59. The molecule has 2 bridgehead atoms. The van der Waals surface area contributed by atoms with Crippen LogP contribution in [-0.4, -0.2) is 41.8 Å². The summed E-state index contributed by atoms with van der Waals surface area (Å²) < 4.78 is 27.4. The van der Waals surface area contributed by atoms with E-state index in [1.165, 1.54) is 12.8 Å². The quantitative estimate of drug-likeness (QED) is 0.926. The molecule has 4 rings (SSSR count). The van der Waals surface area contributed by atoms with Crippen LogP contribution in [0.4, 0.5) is 0 Å². The lowest BCUT2D eigenvalue weighted by Crippen LogP contribution is -2.42. The van der Waals surface area contributed by atoms with Gasteiger partial charge in [-0.05, 0) is 62.3 Å². The SMILES string of the molecule is O=S(=O)(CC12CCC(CC1)C2)N1CCC(c2ccn[nH]2)CC1. The standard InChI is InChI=1S/C16H25N3O2S/c20-22(21,12-16-6-1-13(11-16)2-7-16)19-9-4-14(5-10-19)15-3-8-17-18-15/h3,8,13-14H,1-2,4-7,9-12H2,(H,17,18). The summed E-state index contributed by atoms with van der Waals surface area (Å²) in [7, 11) is -3.10. The third kappa shape index (κ3) is 2.60.